The number of rotatable bonds is 3. The van der Waals surface area contributed by atoms with Gasteiger partial charge >= 0.3 is 0 Å². The van der Waals surface area contributed by atoms with Crippen molar-refractivity contribution in [2.75, 3.05) is 13.1 Å². The smallest absolute Gasteiger partial charge is 0.259 e. The first-order valence-corrected chi connectivity index (χ1v) is 6.42. The van der Waals surface area contributed by atoms with Gasteiger partial charge in [-0.2, -0.15) is 0 Å². The van der Waals surface area contributed by atoms with Crippen LogP contribution in [0.5, 0.6) is 0 Å². The maximum atomic E-state index is 14.0. The molecule has 3 nitrogen and oxygen atoms in total. The van der Waals surface area contributed by atoms with E-state index in [9.17, 15) is 13.6 Å². The van der Waals surface area contributed by atoms with E-state index < -0.39 is 17.4 Å². The summed E-state index contributed by atoms with van der Waals surface area (Å²) < 4.78 is 28.1. The summed E-state index contributed by atoms with van der Waals surface area (Å²) in [7, 11) is 0. The average molecular weight is 319 g/mol. The van der Waals surface area contributed by atoms with Gasteiger partial charge in [-0.25, -0.2) is 8.78 Å². The van der Waals surface area contributed by atoms with Gasteiger partial charge in [0.05, 0.1) is 0 Å². The van der Waals surface area contributed by atoms with Crippen LogP contribution < -0.4 is 10.6 Å². The standard InChI is InChI=1S/C12H13BrF2N2O/c13-9-2-1-8(10(14)5-9)6-17-11(18)12(15)3-4-16-7-12/h1-2,5,16H,3-4,6-7H2,(H,17,18)/t12-/m1/s1. The molecule has 98 valence electrons. The summed E-state index contributed by atoms with van der Waals surface area (Å²) in [5, 5.41) is 5.23. The zero-order valence-corrected chi connectivity index (χ0v) is 11.2. The number of nitrogens with one attached hydrogen (secondary N) is 2. The third-order valence-electron chi connectivity index (χ3n) is 2.96. The molecule has 0 unspecified atom stereocenters. The minimum atomic E-state index is -1.87. The Morgan fingerprint density at radius 1 is 1.56 bits per heavy atom. The topological polar surface area (TPSA) is 41.1 Å². The number of amides is 1. The highest BCUT2D eigenvalue weighted by atomic mass is 79.9. The second-order valence-corrected chi connectivity index (χ2v) is 5.23. The number of alkyl halides is 1. The predicted molar refractivity (Wildman–Crippen MR) is 67.3 cm³/mol. The molecule has 1 aliphatic heterocycles. The van der Waals surface area contributed by atoms with E-state index in [-0.39, 0.29) is 19.5 Å². The van der Waals surface area contributed by atoms with Crippen LogP contribution in [0.15, 0.2) is 22.7 Å². The quantitative estimate of drug-likeness (QED) is 0.894. The molecule has 1 atom stereocenters. The Morgan fingerprint density at radius 3 is 2.94 bits per heavy atom. The maximum Gasteiger partial charge on any atom is 0.259 e. The van der Waals surface area contributed by atoms with E-state index in [1.165, 1.54) is 6.07 Å². The number of benzene rings is 1. The summed E-state index contributed by atoms with van der Waals surface area (Å²) >= 11 is 3.14. The van der Waals surface area contributed by atoms with Crippen molar-refractivity contribution in [2.24, 2.45) is 0 Å². The highest BCUT2D eigenvalue weighted by Gasteiger charge is 2.41. The number of carbonyl (C=O) groups excluding carboxylic acids is 1. The third kappa shape index (κ3) is 2.87. The maximum absolute atomic E-state index is 14.0. The molecule has 2 rings (SSSR count). The zero-order valence-electron chi connectivity index (χ0n) is 9.60. The van der Waals surface area contributed by atoms with E-state index in [0.29, 0.717) is 16.6 Å². The normalized spacial score (nSPS) is 23.1. The predicted octanol–water partition coefficient (Wildman–Crippen LogP) is 1.91. The molecule has 6 heteroatoms. The van der Waals surface area contributed by atoms with Crippen molar-refractivity contribution >= 4 is 21.8 Å². The fraction of sp³-hybridized carbons (Fsp3) is 0.417. The molecule has 1 aromatic rings. The third-order valence-corrected chi connectivity index (χ3v) is 3.46. The lowest BCUT2D eigenvalue weighted by Crippen LogP contribution is -2.44. The van der Waals surface area contributed by atoms with Gasteiger partial charge in [0.2, 0.25) is 5.67 Å². The van der Waals surface area contributed by atoms with Crippen molar-refractivity contribution in [3.05, 3.63) is 34.1 Å². The second kappa shape index (κ2) is 5.32. The van der Waals surface area contributed by atoms with Gasteiger partial charge < -0.3 is 10.6 Å². The van der Waals surface area contributed by atoms with Gasteiger partial charge in [-0.15, -0.1) is 0 Å². The first-order valence-electron chi connectivity index (χ1n) is 5.63. The zero-order chi connectivity index (χ0) is 13.2. The Bertz CT molecular complexity index is 461. The molecule has 0 aromatic heterocycles. The fourth-order valence-corrected chi connectivity index (χ4v) is 2.19. The van der Waals surface area contributed by atoms with E-state index in [1.54, 1.807) is 12.1 Å². The van der Waals surface area contributed by atoms with Gasteiger partial charge in [0.25, 0.3) is 5.91 Å². The molecule has 1 heterocycles. The van der Waals surface area contributed by atoms with Crippen molar-refractivity contribution in [2.45, 2.75) is 18.6 Å². The summed E-state index contributed by atoms with van der Waals surface area (Å²) in [4.78, 5) is 11.7. The molecule has 1 saturated heterocycles. The Morgan fingerprint density at radius 2 is 2.33 bits per heavy atom. The van der Waals surface area contributed by atoms with Gasteiger partial charge in [0.15, 0.2) is 0 Å². The monoisotopic (exact) mass is 318 g/mol. The Hall–Kier alpha value is -1.01. The number of carbonyl (C=O) groups is 1. The first kappa shape index (κ1) is 13.4. The molecule has 2 N–H and O–H groups in total. The molecule has 1 fully saturated rings. The van der Waals surface area contributed by atoms with Crippen LogP contribution in [0.1, 0.15) is 12.0 Å². The molecule has 1 aliphatic rings. The van der Waals surface area contributed by atoms with Crippen molar-refractivity contribution in [3.63, 3.8) is 0 Å². The Kier molecular flexibility index (Phi) is 3.97. The Balaban J connectivity index is 1.97. The molecular weight excluding hydrogens is 306 g/mol. The van der Waals surface area contributed by atoms with Crippen LogP contribution in [0.25, 0.3) is 0 Å². The SMILES string of the molecule is O=C(NCc1ccc(Br)cc1F)[C@@]1(F)CCNC1. The molecule has 0 aliphatic carbocycles. The minimum absolute atomic E-state index is 0.0103. The molecule has 1 aromatic carbocycles. The first-order chi connectivity index (χ1) is 8.51. The van der Waals surface area contributed by atoms with Crippen LogP contribution in [0, 0.1) is 5.82 Å². The van der Waals surface area contributed by atoms with Gasteiger partial charge in [-0.3, -0.25) is 4.79 Å². The lowest BCUT2D eigenvalue weighted by Gasteiger charge is -2.17. The van der Waals surface area contributed by atoms with Crippen molar-refractivity contribution in [3.8, 4) is 0 Å². The van der Waals surface area contributed by atoms with Crippen molar-refractivity contribution in [1.82, 2.24) is 10.6 Å². The number of halogens is 3. The van der Waals surface area contributed by atoms with Crippen LogP contribution in [0.2, 0.25) is 0 Å². The number of hydrogen-bond donors (Lipinski definition) is 2. The summed E-state index contributed by atoms with van der Waals surface area (Å²) in [5.41, 5.74) is -1.53. The highest BCUT2D eigenvalue weighted by Crippen LogP contribution is 2.20. The highest BCUT2D eigenvalue weighted by molar-refractivity contribution is 9.10. The van der Waals surface area contributed by atoms with E-state index in [0.717, 1.165) is 0 Å². The fourth-order valence-electron chi connectivity index (χ4n) is 1.85. The van der Waals surface area contributed by atoms with Gasteiger partial charge in [-0.1, -0.05) is 22.0 Å². The van der Waals surface area contributed by atoms with Crippen LogP contribution in [0.4, 0.5) is 8.78 Å². The van der Waals surface area contributed by atoms with Gasteiger partial charge in [0.1, 0.15) is 5.82 Å². The van der Waals surface area contributed by atoms with E-state index >= 15 is 0 Å². The molecule has 0 radical (unpaired) electrons. The van der Waals surface area contributed by atoms with Crippen LogP contribution in [-0.4, -0.2) is 24.7 Å². The van der Waals surface area contributed by atoms with E-state index in [4.69, 9.17) is 0 Å². The summed E-state index contributed by atoms with van der Waals surface area (Å²) in [6, 6.07) is 4.54. The molecule has 0 spiro atoms. The molecule has 18 heavy (non-hydrogen) atoms. The van der Waals surface area contributed by atoms with Gasteiger partial charge in [0, 0.05) is 29.5 Å². The number of hydrogen-bond acceptors (Lipinski definition) is 2. The van der Waals surface area contributed by atoms with Gasteiger partial charge in [-0.05, 0) is 18.7 Å². The lowest BCUT2D eigenvalue weighted by atomic mass is 10.0. The lowest BCUT2D eigenvalue weighted by molar-refractivity contribution is -0.131. The molecular formula is C12H13BrF2N2O. The molecule has 1 amide bonds. The molecule has 0 saturated carbocycles. The largest absolute Gasteiger partial charge is 0.349 e. The second-order valence-electron chi connectivity index (χ2n) is 4.31. The summed E-state index contributed by atoms with van der Waals surface area (Å²) in [6.07, 6.45) is 0.154. The van der Waals surface area contributed by atoms with E-state index in [2.05, 4.69) is 26.6 Å². The van der Waals surface area contributed by atoms with Crippen LogP contribution >= 0.6 is 15.9 Å². The minimum Gasteiger partial charge on any atom is -0.349 e. The van der Waals surface area contributed by atoms with Crippen LogP contribution in [0.3, 0.4) is 0 Å². The summed E-state index contributed by atoms with van der Waals surface area (Å²) in [6.45, 7) is 0.488. The summed E-state index contributed by atoms with van der Waals surface area (Å²) in [5.74, 6) is -1.11. The van der Waals surface area contributed by atoms with Crippen molar-refractivity contribution in [1.29, 1.82) is 0 Å². The molecule has 0 bridgehead atoms. The van der Waals surface area contributed by atoms with Crippen molar-refractivity contribution < 1.29 is 13.6 Å². The van der Waals surface area contributed by atoms with E-state index in [1.807, 2.05) is 0 Å². The Labute approximate surface area is 112 Å². The van der Waals surface area contributed by atoms with Crippen LogP contribution in [-0.2, 0) is 11.3 Å². The average Bonchev–Trinajstić information content (AvgIpc) is 2.76.